The Labute approximate surface area is 461 Å². The molecule has 440 valence electrons. The Morgan fingerprint density at radius 1 is 0.440 bits per heavy atom. The van der Waals surface area contributed by atoms with E-state index in [9.17, 15) is 33.9 Å². The molecule has 0 aromatic heterocycles. The van der Waals surface area contributed by atoms with Gasteiger partial charge in [-0.25, -0.2) is 0 Å². The molecule has 0 radical (unpaired) electrons. The molecule has 0 bridgehead atoms. The molecule has 2 unspecified atom stereocenters. The highest BCUT2D eigenvalue weighted by atomic mass is 127. The summed E-state index contributed by atoms with van der Waals surface area (Å²) in [5.74, 6) is -2.41. The van der Waals surface area contributed by atoms with E-state index >= 15 is 0 Å². The molecule has 0 spiro atoms. The number of unbranched alkanes of at least 4 members (excludes halogenated alkanes) is 7. The van der Waals surface area contributed by atoms with Crippen molar-refractivity contribution in [2.24, 2.45) is 45.9 Å². The third kappa shape index (κ3) is 38.3. The summed E-state index contributed by atoms with van der Waals surface area (Å²) in [6.45, 7) is 6.38. The predicted molar refractivity (Wildman–Crippen MR) is 304 cm³/mol. The van der Waals surface area contributed by atoms with E-state index in [-0.39, 0.29) is 56.4 Å². The molecule has 25 heteroatoms. The van der Waals surface area contributed by atoms with E-state index in [0.29, 0.717) is 142 Å². The summed E-state index contributed by atoms with van der Waals surface area (Å²) in [4.78, 5) is 79.8. The number of rotatable bonds is 51. The number of nitrogens with two attached hydrogens (primary N) is 8. The van der Waals surface area contributed by atoms with Gasteiger partial charge in [0.2, 0.25) is 35.4 Å². The average molecular weight is 1190 g/mol. The van der Waals surface area contributed by atoms with Crippen LogP contribution in [0, 0.1) is 0 Å². The second kappa shape index (κ2) is 48.2. The minimum absolute atomic E-state index is 0.0256. The lowest BCUT2D eigenvalue weighted by molar-refractivity contribution is -0.132. The van der Waals surface area contributed by atoms with Gasteiger partial charge in [-0.15, -0.1) is 0 Å². The lowest BCUT2D eigenvalue weighted by Crippen LogP contribution is -2.56. The van der Waals surface area contributed by atoms with E-state index in [1.165, 1.54) is 0 Å². The first-order valence-corrected chi connectivity index (χ1v) is 29.3. The Morgan fingerprint density at radius 2 is 0.827 bits per heavy atom. The third-order valence-electron chi connectivity index (χ3n) is 12.6. The molecule has 0 saturated carbocycles. The van der Waals surface area contributed by atoms with Crippen molar-refractivity contribution >= 4 is 58.0 Å². The summed E-state index contributed by atoms with van der Waals surface area (Å²) in [6.07, 6.45) is 10.9. The molecule has 0 aromatic carbocycles. The van der Waals surface area contributed by atoms with Crippen LogP contribution in [0.25, 0.3) is 0 Å². The summed E-state index contributed by atoms with van der Waals surface area (Å²) in [7, 11) is 0. The molecule has 0 aliphatic heterocycles. The number of aliphatic hydroxyl groups is 1. The van der Waals surface area contributed by atoms with Gasteiger partial charge in [0.15, 0.2) is 0 Å². The van der Waals surface area contributed by atoms with Crippen molar-refractivity contribution < 1.29 is 43.3 Å². The number of aliphatic hydroxyl groups excluding tert-OH is 1. The molecule has 0 aliphatic rings. The van der Waals surface area contributed by atoms with Crippen molar-refractivity contribution in [2.45, 2.75) is 203 Å². The summed E-state index contributed by atoms with van der Waals surface area (Å²) >= 11 is 2.25. The fraction of sp³-hybridized carbons (Fsp3) is 0.880. The highest BCUT2D eigenvalue weighted by molar-refractivity contribution is 14.1. The van der Waals surface area contributed by atoms with Crippen molar-refractivity contribution in [3.8, 4) is 0 Å². The zero-order valence-electron chi connectivity index (χ0n) is 45.4. The maximum absolute atomic E-state index is 14.1. The normalized spacial score (nSPS) is 15.1. The molecule has 75 heavy (non-hydrogen) atoms. The van der Waals surface area contributed by atoms with E-state index in [1.54, 1.807) is 0 Å². The van der Waals surface area contributed by atoms with E-state index < -0.39 is 66.2 Å². The minimum Gasteiger partial charge on any atom is -0.380 e. The number of halogens is 1. The molecule has 0 fully saturated rings. The summed E-state index contributed by atoms with van der Waals surface area (Å²) < 4.78 is 12.3. The average Bonchev–Trinajstić information content (AvgIpc) is 3.39. The lowest BCUT2D eigenvalue weighted by atomic mass is 10.0. The fourth-order valence-electron chi connectivity index (χ4n) is 7.80. The van der Waals surface area contributed by atoms with Gasteiger partial charge in [-0.3, -0.25) is 34.1 Å². The van der Waals surface area contributed by atoms with Crippen molar-refractivity contribution in [2.75, 3.05) is 76.6 Å². The Bertz CT molecular complexity index is 1500. The Balaban J connectivity index is 5.98. The molecule has 6 amide bonds. The standard InChI is InChI=1S/C50H104IN15O9/c1-36(75-34-24-51)23-33-74-35-32-63-49(72)42(66-50(73)43(65-47(70)40(59)19-5-12-28-55)22-8-14-30-61-45(68)38(57)17-3-10-26-53)21-7-15-31-62-48(71)41(64-46(69)39(58)18-4-11-27-54)20-6-13-29-60-44(67)37(56)16-2-9-25-52/h36-43,46,64,69H,2-35,52-59H2,1H3,(H,60,67)(H,61,68)(H,62,71)(H,63,72)(H,65,70)(H,66,73)/t36?,37-,38-,39-,40-,41-,42-,43-,46?/m0/s1. The van der Waals surface area contributed by atoms with Crippen LogP contribution in [-0.2, 0) is 38.2 Å². The smallest absolute Gasteiger partial charge is 0.243 e. The Hall–Kier alpha value is -2.93. The fourth-order valence-corrected chi connectivity index (χ4v) is 8.05. The van der Waals surface area contributed by atoms with Crippen LogP contribution in [0.5, 0.6) is 0 Å². The number of carbonyl (C=O) groups is 6. The third-order valence-corrected chi connectivity index (χ3v) is 13.1. The van der Waals surface area contributed by atoms with Crippen LogP contribution >= 0.6 is 22.6 Å². The first kappa shape index (κ1) is 72.1. The van der Waals surface area contributed by atoms with E-state index in [1.807, 2.05) is 6.92 Å². The van der Waals surface area contributed by atoms with Gasteiger partial charge in [0, 0.05) is 43.3 Å². The van der Waals surface area contributed by atoms with Gasteiger partial charge in [0.25, 0.3) is 0 Å². The molecule has 0 saturated heterocycles. The monoisotopic (exact) mass is 1190 g/mol. The second-order valence-electron chi connectivity index (χ2n) is 19.3. The largest absolute Gasteiger partial charge is 0.380 e. The molecule has 0 aromatic rings. The minimum atomic E-state index is -1.16. The van der Waals surface area contributed by atoms with Crippen LogP contribution in [0.2, 0.25) is 0 Å². The number of ether oxygens (including phenoxy) is 2. The molecule has 24 N–H and O–H groups in total. The zero-order chi connectivity index (χ0) is 56.1. The van der Waals surface area contributed by atoms with E-state index in [2.05, 4.69) is 59.8 Å². The highest BCUT2D eigenvalue weighted by Crippen LogP contribution is 2.10. The maximum Gasteiger partial charge on any atom is 0.243 e. The Morgan fingerprint density at radius 3 is 1.31 bits per heavy atom. The molecule has 9 atom stereocenters. The summed E-state index contributed by atoms with van der Waals surface area (Å²) in [6, 6.07) is -5.66. The molecule has 24 nitrogen and oxygen atoms in total. The van der Waals surface area contributed by atoms with Crippen molar-refractivity contribution in [3.63, 3.8) is 0 Å². The Kier molecular flexibility index (Phi) is 46.3. The molecular weight excluding hydrogens is 1080 g/mol. The number of hydrogen-bond donors (Lipinski definition) is 16. The topological polar surface area (TPSA) is 433 Å². The molecule has 0 heterocycles. The number of hydrogen-bond acceptors (Lipinski definition) is 18. The van der Waals surface area contributed by atoms with Gasteiger partial charge in [-0.05, 0) is 149 Å². The van der Waals surface area contributed by atoms with Crippen molar-refractivity contribution in [3.05, 3.63) is 0 Å². The van der Waals surface area contributed by atoms with Gasteiger partial charge in [0.1, 0.15) is 18.3 Å². The van der Waals surface area contributed by atoms with E-state index in [0.717, 1.165) is 43.0 Å². The van der Waals surface area contributed by atoms with Crippen molar-refractivity contribution in [1.82, 2.24) is 37.2 Å². The second-order valence-corrected chi connectivity index (χ2v) is 20.4. The SMILES string of the molecule is CC(CCOCCNC(=O)[C@H](CCCCNC(=O)[C@H](CCCCNC(=O)[C@@H](N)CCCCN)NC(O)[C@@H](N)CCCCN)NC(=O)[C@H](CCCCNC(=O)[C@@H](N)CCCCN)NC(=O)[C@@H](N)CCCCN)OCCI. The van der Waals surface area contributed by atoms with Gasteiger partial charge in [0.05, 0.1) is 43.5 Å². The number of amides is 6. The van der Waals surface area contributed by atoms with Crippen LogP contribution in [0.4, 0.5) is 0 Å². The number of nitrogens with one attached hydrogen (secondary N) is 7. The highest BCUT2D eigenvalue weighted by Gasteiger charge is 2.29. The van der Waals surface area contributed by atoms with Crippen LogP contribution in [0.15, 0.2) is 0 Å². The summed E-state index contributed by atoms with van der Waals surface area (Å²) in [5, 5.41) is 31.1. The lowest BCUT2D eigenvalue weighted by Gasteiger charge is -2.26. The predicted octanol–water partition coefficient (Wildman–Crippen LogP) is -1.72. The van der Waals surface area contributed by atoms with Crippen molar-refractivity contribution in [1.29, 1.82) is 0 Å². The molecule has 0 aliphatic carbocycles. The van der Waals surface area contributed by atoms with E-state index in [4.69, 9.17) is 55.3 Å². The summed E-state index contributed by atoms with van der Waals surface area (Å²) in [5.41, 5.74) is 46.9. The molecule has 0 rings (SSSR count). The van der Waals surface area contributed by atoms with Gasteiger partial charge in [-0.1, -0.05) is 48.3 Å². The number of carbonyl (C=O) groups excluding carboxylic acids is 6. The zero-order valence-corrected chi connectivity index (χ0v) is 47.6. The molecular formula is C50H104IN15O9. The number of alkyl halides is 1. The van der Waals surface area contributed by atoms with Crippen LogP contribution in [-0.4, -0.2) is 172 Å². The van der Waals surface area contributed by atoms with Gasteiger partial charge in [-0.2, -0.15) is 0 Å². The van der Waals surface area contributed by atoms with Gasteiger partial charge >= 0.3 is 0 Å². The van der Waals surface area contributed by atoms with Crippen LogP contribution < -0.4 is 83.1 Å². The van der Waals surface area contributed by atoms with Gasteiger partial charge < -0.3 is 92.4 Å². The van der Waals surface area contributed by atoms with Crippen LogP contribution in [0.1, 0.15) is 148 Å². The van der Waals surface area contributed by atoms with Crippen LogP contribution in [0.3, 0.4) is 0 Å². The quantitative estimate of drug-likeness (QED) is 0.0139. The first-order chi connectivity index (χ1) is 36.1. The first-order valence-electron chi connectivity index (χ1n) is 27.8. The maximum atomic E-state index is 14.1.